The molecular formula is C26H29N3O3S. The molecule has 2 aromatic carbocycles. The number of unbranched alkanes of at least 4 members (excludes halogenated alkanes) is 1. The molecule has 0 fully saturated rings. The standard InChI is InChI=1S/C26H29N3O3S/c1-3-4-7-20-9-12-23(13-10-20)32-18-25(30)29-28-17-21-11-14-24(31-2)22(16-21)19-33-26-8-5-6-15-27-26/h5-6,8-17H,3-4,7,18-19H2,1-2H3,(H,29,30). The Morgan fingerprint density at radius 1 is 1.15 bits per heavy atom. The average Bonchev–Trinajstić information content (AvgIpc) is 2.86. The van der Waals surface area contributed by atoms with Crippen LogP contribution in [0.4, 0.5) is 0 Å². The predicted octanol–water partition coefficient (Wildman–Crippen LogP) is 5.25. The fraction of sp³-hybridized carbons (Fsp3) is 0.269. The molecular weight excluding hydrogens is 434 g/mol. The lowest BCUT2D eigenvalue weighted by atomic mass is 10.1. The summed E-state index contributed by atoms with van der Waals surface area (Å²) in [5, 5.41) is 5.00. The third kappa shape index (κ3) is 8.27. The first-order valence-corrected chi connectivity index (χ1v) is 11.9. The van der Waals surface area contributed by atoms with Gasteiger partial charge < -0.3 is 9.47 Å². The van der Waals surface area contributed by atoms with Gasteiger partial charge in [0.25, 0.3) is 5.91 Å². The second-order valence-corrected chi connectivity index (χ2v) is 8.35. The van der Waals surface area contributed by atoms with Crippen LogP contribution in [0.2, 0.25) is 0 Å². The van der Waals surface area contributed by atoms with Gasteiger partial charge in [-0.05, 0) is 66.4 Å². The SMILES string of the molecule is CCCCc1ccc(OCC(=O)NN=Cc2ccc(OC)c(CSc3ccccn3)c2)cc1. The van der Waals surface area contributed by atoms with E-state index in [2.05, 4.69) is 22.4 Å². The summed E-state index contributed by atoms with van der Waals surface area (Å²) in [5.41, 5.74) is 5.66. The number of carbonyl (C=O) groups excluding carboxylic acids is 1. The van der Waals surface area contributed by atoms with E-state index in [1.54, 1.807) is 31.3 Å². The highest BCUT2D eigenvalue weighted by Gasteiger charge is 2.06. The number of hydrazone groups is 1. The minimum absolute atomic E-state index is 0.0970. The number of benzene rings is 2. The number of rotatable bonds is 12. The molecule has 172 valence electrons. The first-order valence-electron chi connectivity index (χ1n) is 10.9. The van der Waals surface area contributed by atoms with Gasteiger partial charge in [0.2, 0.25) is 0 Å². The lowest BCUT2D eigenvalue weighted by Gasteiger charge is -2.09. The summed E-state index contributed by atoms with van der Waals surface area (Å²) in [5.74, 6) is 1.85. The van der Waals surface area contributed by atoms with Crippen molar-refractivity contribution < 1.29 is 14.3 Å². The van der Waals surface area contributed by atoms with E-state index in [4.69, 9.17) is 9.47 Å². The molecule has 0 saturated heterocycles. The number of hydrogen-bond donors (Lipinski definition) is 1. The van der Waals surface area contributed by atoms with E-state index in [1.165, 1.54) is 18.4 Å². The van der Waals surface area contributed by atoms with Gasteiger partial charge in [-0.2, -0.15) is 5.10 Å². The molecule has 0 spiro atoms. The third-order valence-electron chi connectivity index (χ3n) is 4.83. The number of hydrogen-bond acceptors (Lipinski definition) is 6. The molecule has 33 heavy (non-hydrogen) atoms. The van der Waals surface area contributed by atoms with Crippen LogP contribution in [0.15, 0.2) is 77.0 Å². The van der Waals surface area contributed by atoms with E-state index in [9.17, 15) is 4.79 Å². The van der Waals surface area contributed by atoms with Crippen molar-refractivity contribution in [2.24, 2.45) is 5.10 Å². The van der Waals surface area contributed by atoms with Crippen molar-refractivity contribution in [3.05, 3.63) is 83.6 Å². The number of ether oxygens (including phenoxy) is 2. The van der Waals surface area contributed by atoms with Gasteiger partial charge in [-0.15, -0.1) is 11.8 Å². The van der Waals surface area contributed by atoms with Gasteiger partial charge in [0, 0.05) is 17.5 Å². The Morgan fingerprint density at radius 2 is 2.00 bits per heavy atom. The number of thioether (sulfide) groups is 1. The van der Waals surface area contributed by atoms with Gasteiger partial charge in [0.15, 0.2) is 6.61 Å². The highest BCUT2D eigenvalue weighted by atomic mass is 32.2. The lowest BCUT2D eigenvalue weighted by molar-refractivity contribution is -0.123. The maximum absolute atomic E-state index is 12.1. The van der Waals surface area contributed by atoms with Crippen LogP contribution in [0.3, 0.4) is 0 Å². The van der Waals surface area contributed by atoms with Gasteiger partial charge in [-0.25, -0.2) is 10.4 Å². The monoisotopic (exact) mass is 463 g/mol. The number of aryl methyl sites for hydroxylation is 1. The molecule has 0 atom stereocenters. The van der Waals surface area contributed by atoms with E-state index in [0.29, 0.717) is 11.5 Å². The highest BCUT2D eigenvalue weighted by Crippen LogP contribution is 2.27. The number of methoxy groups -OCH3 is 1. The molecule has 0 saturated carbocycles. The fourth-order valence-electron chi connectivity index (χ4n) is 3.07. The smallest absolute Gasteiger partial charge is 0.277 e. The average molecular weight is 464 g/mol. The molecule has 1 N–H and O–H groups in total. The van der Waals surface area contributed by atoms with Crippen LogP contribution in [0.5, 0.6) is 11.5 Å². The Hall–Kier alpha value is -3.32. The van der Waals surface area contributed by atoms with Crippen LogP contribution in [0.1, 0.15) is 36.5 Å². The van der Waals surface area contributed by atoms with Crippen LogP contribution in [0.25, 0.3) is 0 Å². The lowest BCUT2D eigenvalue weighted by Crippen LogP contribution is -2.24. The molecule has 0 aliphatic carbocycles. The van der Waals surface area contributed by atoms with E-state index >= 15 is 0 Å². The minimum Gasteiger partial charge on any atom is -0.496 e. The van der Waals surface area contributed by atoms with Gasteiger partial charge in [-0.3, -0.25) is 4.79 Å². The summed E-state index contributed by atoms with van der Waals surface area (Å²) < 4.78 is 11.0. The van der Waals surface area contributed by atoms with Gasteiger partial charge in [-0.1, -0.05) is 31.5 Å². The van der Waals surface area contributed by atoms with Crippen LogP contribution < -0.4 is 14.9 Å². The number of pyridine rings is 1. The Bertz CT molecular complexity index is 1040. The second-order valence-electron chi connectivity index (χ2n) is 7.36. The normalized spacial score (nSPS) is 10.8. The summed E-state index contributed by atoms with van der Waals surface area (Å²) in [6.45, 7) is 2.08. The molecule has 0 aliphatic rings. The van der Waals surface area contributed by atoms with E-state index in [0.717, 1.165) is 28.3 Å². The van der Waals surface area contributed by atoms with E-state index in [-0.39, 0.29) is 12.5 Å². The molecule has 3 aromatic rings. The Balaban J connectivity index is 1.49. The number of amides is 1. The van der Waals surface area contributed by atoms with Crippen molar-refractivity contribution in [1.82, 2.24) is 10.4 Å². The summed E-state index contributed by atoms with van der Waals surface area (Å²) >= 11 is 1.63. The minimum atomic E-state index is -0.319. The Kier molecular flexibility index (Phi) is 9.79. The molecule has 1 heterocycles. The molecule has 0 radical (unpaired) electrons. The van der Waals surface area contributed by atoms with Crippen LogP contribution >= 0.6 is 11.8 Å². The van der Waals surface area contributed by atoms with Gasteiger partial charge in [0.05, 0.1) is 18.4 Å². The Labute approximate surface area is 199 Å². The van der Waals surface area contributed by atoms with Gasteiger partial charge in [0.1, 0.15) is 11.5 Å². The van der Waals surface area contributed by atoms with Crippen LogP contribution in [0, 0.1) is 0 Å². The van der Waals surface area contributed by atoms with E-state index in [1.807, 2.05) is 60.7 Å². The largest absolute Gasteiger partial charge is 0.496 e. The number of aromatic nitrogens is 1. The highest BCUT2D eigenvalue weighted by molar-refractivity contribution is 7.98. The van der Waals surface area contributed by atoms with Crippen molar-refractivity contribution in [3.63, 3.8) is 0 Å². The summed E-state index contributed by atoms with van der Waals surface area (Å²) in [6, 6.07) is 19.5. The Morgan fingerprint density at radius 3 is 2.73 bits per heavy atom. The van der Waals surface area contributed by atoms with Gasteiger partial charge >= 0.3 is 0 Å². The summed E-state index contributed by atoms with van der Waals surface area (Å²) in [7, 11) is 1.65. The van der Waals surface area contributed by atoms with Crippen LogP contribution in [-0.4, -0.2) is 30.8 Å². The number of nitrogens with one attached hydrogen (secondary N) is 1. The zero-order valence-electron chi connectivity index (χ0n) is 19.0. The van der Waals surface area contributed by atoms with E-state index < -0.39 is 0 Å². The van der Waals surface area contributed by atoms with Crippen molar-refractivity contribution in [1.29, 1.82) is 0 Å². The molecule has 0 aliphatic heterocycles. The van der Waals surface area contributed by atoms with Crippen LogP contribution in [-0.2, 0) is 17.0 Å². The fourth-order valence-corrected chi connectivity index (χ4v) is 3.91. The first-order chi connectivity index (χ1) is 16.2. The summed E-state index contributed by atoms with van der Waals surface area (Å²) in [6.07, 6.45) is 6.77. The topological polar surface area (TPSA) is 72.8 Å². The quantitative estimate of drug-likeness (QED) is 0.225. The second kappa shape index (κ2) is 13.3. The molecule has 0 unspecified atom stereocenters. The maximum atomic E-state index is 12.1. The molecule has 3 rings (SSSR count). The molecule has 6 nitrogen and oxygen atoms in total. The molecule has 7 heteroatoms. The van der Waals surface area contributed by atoms with Crippen molar-refractivity contribution in [2.45, 2.75) is 37.0 Å². The zero-order chi connectivity index (χ0) is 23.3. The van der Waals surface area contributed by atoms with Crippen molar-refractivity contribution in [3.8, 4) is 11.5 Å². The number of carbonyl (C=O) groups is 1. The third-order valence-corrected chi connectivity index (χ3v) is 5.83. The first kappa shape index (κ1) is 24.3. The predicted molar refractivity (Wildman–Crippen MR) is 133 cm³/mol. The van der Waals surface area contributed by atoms with Crippen molar-refractivity contribution in [2.75, 3.05) is 13.7 Å². The molecule has 1 amide bonds. The van der Waals surface area contributed by atoms with Crippen molar-refractivity contribution >= 4 is 23.9 Å². The zero-order valence-corrected chi connectivity index (χ0v) is 19.8. The molecule has 0 bridgehead atoms. The summed E-state index contributed by atoms with van der Waals surface area (Å²) in [4.78, 5) is 16.4. The molecule has 1 aromatic heterocycles. The maximum Gasteiger partial charge on any atom is 0.277 e. The number of nitrogens with zero attached hydrogens (tertiary/aromatic N) is 2.